The molecule has 3 heterocycles. The maximum atomic E-state index is 13.4. The first-order valence-electron chi connectivity index (χ1n) is 9.35. The summed E-state index contributed by atoms with van der Waals surface area (Å²) in [6, 6.07) is 7.20. The summed E-state index contributed by atoms with van der Waals surface area (Å²) in [4.78, 5) is 29.8. The van der Waals surface area contributed by atoms with E-state index in [1.54, 1.807) is 18.5 Å². The second-order valence-electron chi connectivity index (χ2n) is 6.92. The Morgan fingerprint density at radius 1 is 1.10 bits per heavy atom. The molecule has 0 radical (unpaired) electrons. The first kappa shape index (κ1) is 18.8. The van der Waals surface area contributed by atoms with Crippen molar-refractivity contribution in [3.8, 4) is 5.69 Å². The molecule has 2 atom stereocenters. The van der Waals surface area contributed by atoms with Gasteiger partial charge in [0.05, 0.1) is 43.0 Å². The fourth-order valence-electron chi connectivity index (χ4n) is 3.53. The molecule has 10 nitrogen and oxygen atoms in total. The molecule has 1 saturated heterocycles. The van der Waals surface area contributed by atoms with Crippen molar-refractivity contribution in [2.45, 2.75) is 31.8 Å². The number of likely N-dealkylation sites (tertiary alicyclic amines) is 1. The van der Waals surface area contributed by atoms with Crippen LogP contribution in [0.3, 0.4) is 0 Å². The van der Waals surface area contributed by atoms with Crippen LogP contribution in [0.25, 0.3) is 5.69 Å². The van der Waals surface area contributed by atoms with Crippen LogP contribution < -0.4 is 0 Å². The van der Waals surface area contributed by atoms with E-state index in [4.69, 9.17) is 0 Å². The van der Waals surface area contributed by atoms with Crippen molar-refractivity contribution in [3.05, 3.63) is 54.1 Å². The monoisotopic (exact) mass is 395 g/mol. The zero-order chi connectivity index (χ0) is 20.4. The highest BCUT2D eigenvalue weighted by Crippen LogP contribution is 2.27. The minimum Gasteiger partial charge on any atom is -0.464 e. The second kappa shape index (κ2) is 7.82. The highest BCUT2D eigenvalue weighted by molar-refractivity contribution is 5.98. The predicted molar refractivity (Wildman–Crippen MR) is 101 cm³/mol. The van der Waals surface area contributed by atoms with Gasteiger partial charge in [0.1, 0.15) is 0 Å². The Kier molecular flexibility index (Phi) is 5.07. The van der Waals surface area contributed by atoms with Gasteiger partial charge in [0, 0.05) is 12.6 Å². The molecule has 1 aliphatic heterocycles. The van der Waals surface area contributed by atoms with Gasteiger partial charge in [-0.15, -0.1) is 5.10 Å². The van der Waals surface area contributed by atoms with Crippen LogP contribution in [0.1, 0.15) is 46.7 Å². The zero-order valence-corrected chi connectivity index (χ0v) is 16.2. The maximum absolute atomic E-state index is 13.4. The summed E-state index contributed by atoms with van der Waals surface area (Å²) in [6.07, 6.45) is 6.14. The fraction of sp³-hybridized carbons (Fsp3) is 0.368. The van der Waals surface area contributed by atoms with Gasteiger partial charge in [0.2, 0.25) is 0 Å². The number of hydrogen-bond acceptors (Lipinski definition) is 7. The number of ether oxygens (including phenoxy) is 1. The van der Waals surface area contributed by atoms with Crippen LogP contribution in [0, 0.1) is 0 Å². The summed E-state index contributed by atoms with van der Waals surface area (Å²) >= 11 is 0. The first-order chi connectivity index (χ1) is 14.1. The van der Waals surface area contributed by atoms with E-state index in [0.717, 1.165) is 12.8 Å². The van der Waals surface area contributed by atoms with Crippen molar-refractivity contribution in [2.75, 3.05) is 13.7 Å². The van der Waals surface area contributed by atoms with Crippen LogP contribution >= 0.6 is 0 Å². The number of para-hydroxylation sites is 1. The largest absolute Gasteiger partial charge is 0.464 e. The van der Waals surface area contributed by atoms with Crippen LogP contribution in [-0.4, -0.2) is 66.5 Å². The summed E-state index contributed by atoms with van der Waals surface area (Å²) < 4.78 is 4.69. The minimum atomic E-state index is -0.533. The molecular weight excluding hydrogens is 374 g/mol. The van der Waals surface area contributed by atoms with E-state index in [1.807, 2.05) is 30.0 Å². The van der Waals surface area contributed by atoms with Crippen LogP contribution in [0.15, 0.2) is 42.9 Å². The summed E-state index contributed by atoms with van der Waals surface area (Å²) in [5, 5.41) is 16.7. The smallest absolute Gasteiger partial charge is 0.360 e. The Balaban J connectivity index is 1.59. The standard InChI is InChI=1S/C19H21N7O3/c1-13-7-8-14(25-22-11-16(23-25)19(28)29-2)12-24(13)18(27)15-5-3-4-6-17(15)26-20-9-10-21-26/h3-6,9-11,13-14H,7-8,12H2,1-2H3/t13-,14-/m1/s1. The second-order valence-corrected chi connectivity index (χ2v) is 6.92. The first-order valence-corrected chi connectivity index (χ1v) is 9.35. The topological polar surface area (TPSA) is 108 Å². The van der Waals surface area contributed by atoms with E-state index in [0.29, 0.717) is 17.8 Å². The summed E-state index contributed by atoms with van der Waals surface area (Å²) in [5.74, 6) is -0.635. The Labute approximate surface area is 167 Å². The number of piperidine rings is 1. The Morgan fingerprint density at radius 3 is 2.62 bits per heavy atom. The molecule has 0 spiro atoms. The van der Waals surface area contributed by atoms with Gasteiger partial charge in [-0.3, -0.25) is 4.79 Å². The molecule has 1 amide bonds. The number of esters is 1. The van der Waals surface area contributed by atoms with Gasteiger partial charge < -0.3 is 9.64 Å². The number of aromatic nitrogens is 6. The van der Waals surface area contributed by atoms with E-state index >= 15 is 0 Å². The molecule has 0 N–H and O–H groups in total. The number of amides is 1. The van der Waals surface area contributed by atoms with Gasteiger partial charge in [-0.25, -0.2) is 4.79 Å². The molecule has 1 fully saturated rings. The number of hydrogen-bond donors (Lipinski definition) is 0. The molecule has 29 heavy (non-hydrogen) atoms. The molecule has 2 aromatic heterocycles. The molecule has 0 bridgehead atoms. The van der Waals surface area contributed by atoms with Crippen LogP contribution in [0.5, 0.6) is 0 Å². The molecule has 150 valence electrons. The van der Waals surface area contributed by atoms with Crippen molar-refractivity contribution in [1.82, 2.24) is 34.9 Å². The third kappa shape index (κ3) is 3.60. The van der Waals surface area contributed by atoms with E-state index < -0.39 is 5.97 Å². The van der Waals surface area contributed by atoms with Gasteiger partial charge in [0.15, 0.2) is 5.69 Å². The quantitative estimate of drug-likeness (QED) is 0.616. The normalized spacial score (nSPS) is 19.2. The summed E-state index contributed by atoms with van der Waals surface area (Å²) in [5.41, 5.74) is 1.31. The summed E-state index contributed by atoms with van der Waals surface area (Å²) in [7, 11) is 1.30. The number of nitrogens with zero attached hydrogens (tertiary/aromatic N) is 7. The molecule has 10 heteroatoms. The van der Waals surface area contributed by atoms with E-state index in [1.165, 1.54) is 22.9 Å². The van der Waals surface area contributed by atoms with Gasteiger partial charge in [0.25, 0.3) is 5.91 Å². The average Bonchev–Trinajstić information content (AvgIpc) is 3.45. The average molecular weight is 395 g/mol. The number of carbonyl (C=O) groups excluding carboxylic acids is 2. The Bertz CT molecular complexity index is 1010. The molecule has 0 aliphatic carbocycles. The van der Waals surface area contributed by atoms with Gasteiger partial charge >= 0.3 is 5.97 Å². The molecule has 0 unspecified atom stereocenters. The Hall–Kier alpha value is -3.56. The molecule has 3 aromatic rings. The van der Waals surface area contributed by atoms with Crippen LogP contribution in [0.2, 0.25) is 0 Å². The van der Waals surface area contributed by atoms with Gasteiger partial charge in [-0.05, 0) is 31.9 Å². The summed E-state index contributed by atoms with van der Waals surface area (Å²) in [6.45, 7) is 2.47. The molecule has 4 rings (SSSR count). The lowest BCUT2D eigenvalue weighted by atomic mass is 9.98. The lowest BCUT2D eigenvalue weighted by molar-refractivity contribution is 0.0536. The molecule has 0 saturated carbocycles. The van der Waals surface area contributed by atoms with Crippen LogP contribution in [-0.2, 0) is 4.74 Å². The van der Waals surface area contributed by atoms with Crippen molar-refractivity contribution in [2.24, 2.45) is 0 Å². The molecular formula is C19H21N7O3. The Morgan fingerprint density at radius 2 is 1.86 bits per heavy atom. The highest BCUT2D eigenvalue weighted by atomic mass is 16.5. The molecule has 1 aliphatic rings. The fourth-order valence-corrected chi connectivity index (χ4v) is 3.53. The van der Waals surface area contributed by atoms with E-state index in [9.17, 15) is 9.59 Å². The van der Waals surface area contributed by atoms with Crippen LogP contribution in [0.4, 0.5) is 0 Å². The lowest BCUT2D eigenvalue weighted by Gasteiger charge is -2.37. The highest BCUT2D eigenvalue weighted by Gasteiger charge is 2.33. The third-order valence-corrected chi connectivity index (χ3v) is 5.12. The van der Waals surface area contributed by atoms with Gasteiger partial charge in [-0.1, -0.05) is 12.1 Å². The number of carbonyl (C=O) groups is 2. The van der Waals surface area contributed by atoms with Crippen molar-refractivity contribution in [1.29, 1.82) is 0 Å². The van der Waals surface area contributed by atoms with Crippen molar-refractivity contribution in [3.63, 3.8) is 0 Å². The SMILES string of the molecule is COC(=O)c1cnn([C@@H]2CC[C@@H](C)N(C(=O)c3ccccc3-n3nccn3)C2)n1. The minimum absolute atomic E-state index is 0.0630. The third-order valence-electron chi connectivity index (χ3n) is 5.12. The van der Waals surface area contributed by atoms with E-state index in [-0.39, 0.29) is 23.7 Å². The number of benzene rings is 1. The maximum Gasteiger partial charge on any atom is 0.360 e. The predicted octanol–water partition coefficient (Wildman–Crippen LogP) is 1.51. The lowest BCUT2D eigenvalue weighted by Crippen LogP contribution is -2.46. The zero-order valence-electron chi connectivity index (χ0n) is 16.2. The number of methoxy groups -OCH3 is 1. The number of rotatable bonds is 4. The van der Waals surface area contributed by atoms with Crippen molar-refractivity contribution < 1.29 is 14.3 Å². The van der Waals surface area contributed by atoms with E-state index in [2.05, 4.69) is 25.1 Å². The molecule has 1 aromatic carbocycles. The van der Waals surface area contributed by atoms with Crippen molar-refractivity contribution >= 4 is 11.9 Å². The van der Waals surface area contributed by atoms with Gasteiger partial charge in [-0.2, -0.15) is 24.9 Å².